The predicted molar refractivity (Wildman–Crippen MR) is 126 cm³/mol. The van der Waals surface area contributed by atoms with Crippen LogP contribution in [0.25, 0.3) is 0 Å². The van der Waals surface area contributed by atoms with E-state index in [1.165, 1.54) is 17.6 Å². The van der Waals surface area contributed by atoms with Crippen LogP contribution in [0.15, 0.2) is 65.1 Å². The van der Waals surface area contributed by atoms with Gasteiger partial charge >= 0.3 is 0 Å². The van der Waals surface area contributed by atoms with Crippen molar-refractivity contribution in [3.05, 3.63) is 83.6 Å². The zero-order chi connectivity index (χ0) is 23.8. The number of amides is 1. The molecule has 0 atom stereocenters. The Morgan fingerprint density at radius 3 is 2.26 bits per heavy atom. The smallest absolute Gasteiger partial charge is 0.244 e. The lowest BCUT2D eigenvalue weighted by Gasteiger charge is -2.45. The van der Waals surface area contributed by atoms with E-state index < -0.39 is 5.54 Å². The Bertz CT molecular complexity index is 1030. The number of ether oxygens (including phenoxy) is 1. The lowest BCUT2D eigenvalue weighted by molar-refractivity contribution is -0.243. The van der Waals surface area contributed by atoms with Crippen LogP contribution in [0, 0.1) is 0 Å². The number of methoxy groups -OCH3 is 1. The van der Waals surface area contributed by atoms with Crippen molar-refractivity contribution in [2.24, 2.45) is 0 Å². The van der Waals surface area contributed by atoms with Crippen molar-refractivity contribution in [3.8, 4) is 0 Å². The van der Waals surface area contributed by atoms with Crippen LogP contribution in [-0.2, 0) is 39.5 Å². The van der Waals surface area contributed by atoms with Crippen LogP contribution in [0.1, 0.15) is 42.7 Å². The summed E-state index contributed by atoms with van der Waals surface area (Å²) < 4.78 is 11.1. The summed E-state index contributed by atoms with van der Waals surface area (Å²) >= 11 is 0. The number of rotatable bonds is 10. The van der Waals surface area contributed by atoms with E-state index in [0.717, 1.165) is 31.6 Å². The van der Waals surface area contributed by atoms with Gasteiger partial charge < -0.3 is 14.1 Å². The second-order valence-corrected chi connectivity index (χ2v) is 8.62. The van der Waals surface area contributed by atoms with Crippen LogP contribution in [-0.4, -0.2) is 52.8 Å². The topological polar surface area (TPSA) is 80.9 Å². The van der Waals surface area contributed by atoms with Gasteiger partial charge in [0.1, 0.15) is 13.2 Å². The van der Waals surface area contributed by atoms with Gasteiger partial charge in [-0.15, -0.1) is 10.2 Å². The third-order valence-electron chi connectivity index (χ3n) is 6.25. The molecule has 0 aliphatic carbocycles. The minimum Gasteiger partial charge on any atom is -0.420 e. The third kappa shape index (κ3) is 5.70. The molecule has 3 aromatic rings. The van der Waals surface area contributed by atoms with Crippen molar-refractivity contribution >= 4 is 5.91 Å². The van der Waals surface area contributed by atoms with Gasteiger partial charge in [0, 0.05) is 33.7 Å². The molecule has 1 aromatic heterocycles. The predicted octanol–water partition coefficient (Wildman–Crippen LogP) is 3.73. The molecular weight excluding hydrogens is 432 g/mol. The maximum atomic E-state index is 12.8. The molecule has 1 aliphatic rings. The van der Waals surface area contributed by atoms with E-state index in [4.69, 9.17) is 14.0 Å². The highest BCUT2D eigenvalue weighted by molar-refractivity contribution is 5.73. The number of likely N-dealkylation sites (tertiary alicyclic amines) is 1. The Morgan fingerprint density at radius 1 is 1.00 bits per heavy atom. The molecule has 0 saturated carbocycles. The SMILES string of the molecule is COCc1nnc(C2(N(OCc3ccccc3)C(C)=O)CCN(CCc3ccccc3)CC2)o1. The van der Waals surface area contributed by atoms with Crippen LogP contribution in [0.3, 0.4) is 0 Å². The highest BCUT2D eigenvalue weighted by Gasteiger charge is 2.48. The molecule has 8 nitrogen and oxygen atoms in total. The summed E-state index contributed by atoms with van der Waals surface area (Å²) in [6.07, 6.45) is 2.24. The summed E-state index contributed by atoms with van der Waals surface area (Å²) in [4.78, 5) is 21.4. The van der Waals surface area contributed by atoms with E-state index >= 15 is 0 Å². The highest BCUT2D eigenvalue weighted by atomic mass is 16.7. The van der Waals surface area contributed by atoms with Crippen LogP contribution in [0.2, 0.25) is 0 Å². The van der Waals surface area contributed by atoms with Crippen LogP contribution >= 0.6 is 0 Å². The first-order valence-corrected chi connectivity index (χ1v) is 11.7. The fourth-order valence-electron chi connectivity index (χ4n) is 4.43. The Hall–Kier alpha value is -3.07. The molecule has 8 heteroatoms. The second kappa shape index (κ2) is 11.4. The monoisotopic (exact) mass is 464 g/mol. The molecular formula is C26H32N4O4. The number of aromatic nitrogens is 2. The van der Waals surface area contributed by atoms with E-state index in [9.17, 15) is 4.79 Å². The van der Waals surface area contributed by atoms with E-state index in [1.54, 1.807) is 7.11 Å². The van der Waals surface area contributed by atoms with Crippen molar-refractivity contribution in [3.63, 3.8) is 0 Å². The van der Waals surface area contributed by atoms with Gasteiger partial charge in [-0.1, -0.05) is 60.7 Å². The van der Waals surface area contributed by atoms with Crippen LogP contribution in [0.4, 0.5) is 0 Å². The van der Waals surface area contributed by atoms with E-state index in [-0.39, 0.29) is 19.1 Å². The van der Waals surface area contributed by atoms with Crippen LogP contribution in [0.5, 0.6) is 0 Å². The van der Waals surface area contributed by atoms with Crippen molar-refractivity contribution in [1.29, 1.82) is 0 Å². The van der Waals surface area contributed by atoms with Crippen molar-refractivity contribution < 1.29 is 18.8 Å². The second-order valence-electron chi connectivity index (χ2n) is 8.62. The minimum absolute atomic E-state index is 0.194. The first kappa shape index (κ1) is 24.1. The Morgan fingerprint density at radius 2 is 1.65 bits per heavy atom. The van der Waals surface area contributed by atoms with Crippen molar-refractivity contribution in [1.82, 2.24) is 20.2 Å². The van der Waals surface area contributed by atoms with E-state index in [0.29, 0.717) is 24.6 Å². The van der Waals surface area contributed by atoms with Gasteiger partial charge in [-0.25, -0.2) is 5.06 Å². The number of hydroxylamine groups is 2. The molecule has 34 heavy (non-hydrogen) atoms. The van der Waals surface area contributed by atoms with Gasteiger partial charge in [-0.2, -0.15) is 0 Å². The molecule has 0 radical (unpaired) electrons. The van der Waals surface area contributed by atoms with Crippen LogP contribution < -0.4 is 0 Å². The number of piperidine rings is 1. The number of hydrogen-bond acceptors (Lipinski definition) is 7. The summed E-state index contributed by atoms with van der Waals surface area (Å²) in [7, 11) is 1.58. The third-order valence-corrected chi connectivity index (χ3v) is 6.25. The zero-order valence-corrected chi connectivity index (χ0v) is 19.9. The molecule has 180 valence electrons. The molecule has 0 spiro atoms. The lowest BCUT2D eigenvalue weighted by atomic mass is 9.86. The Kier molecular flexibility index (Phi) is 8.05. The van der Waals surface area contributed by atoms with Crippen molar-refractivity contribution in [2.45, 2.75) is 44.9 Å². The van der Waals surface area contributed by atoms with Crippen molar-refractivity contribution in [2.75, 3.05) is 26.7 Å². The number of benzene rings is 2. The fraction of sp³-hybridized carbons (Fsp3) is 0.423. The molecule has 1 fully saturated rings. The molecule has 1 aliphatic heterocycles. The average Bonchev–Trinajstić information content (AvgIpc) is 3.34. The Labute approximate surface area is 200 Å². The number of carbonyl (C=O) groups excluding carboxylic acids is 1. The summed E-state index contributed by atoms with van der Waals surface area (Å²) in [5.41, 5.74) is 1.47. The van der Waals surface area contributed by atoms with Gasteiger partial charge in [0.2, 0.25) is 17.7 Å². The molecule has 1 amide bonds. The zero-order valence-electron chi connectivity index (χ0n) is 19.9. The maximum Gasteiger partial charge on any atom is 0.244 e. The molecule has 1 saturated heterocycles. The molecule has 0 bridgehead atoms. The molecule has 0 N–H and O–H groups in total. The number of hydrogen-bond donors (Lipinski definition) is 0. The number of carbonyl (C=O) groups is 1. The lowest BCUT2D eigenvalue weighted by Crippen LogP contribution is -2.55. The largest absolute Gasteiger partial charge is 0.420 e. The van der Waals surface area contributed by atoms with Gasteiger partial charge in [0.15, 0.2) is 5.54 Å². The first-order valence-electron chi connectivity index (χ1n) is 11.7. The quantitative estimate of drug-likeness (QED) is 0.423. The first-order chi connectivity index (χ1) is 16.6. The molecule has 2 heterocycles. The number of nitrogens with zero attached hydrogens (tertiary/aromatic N) is 4. The summed E-state index contributed by atoms with van der Waals surface area (Å²) in [6, 6.07) is 20.3. The minimum atomic E-state index is -0.831. The highest BCUT2D eigenvalue weighted by Crippen LogP contribution is 2.39. The van der Waals surface area contributed by atoms with Gasteiger partial charge in [0.05, 0.1) is 0 Å². The maximum absolute atomic E-state index is 12.8. The molecule has 4 rings (SSSR count). The summed E-state index contributed by atoms with van der Waals surface area (Å²) in [5.74, 6) is 0.584. The summed E-state index contributed by atoms with van der Waals surface area (Å²) in [6.45, 7) is 4.53. The van der Waals surface area contributed by atoms with Gasteiger partial charge in [0.25, 0.3) is 0 Å². The van der Waals surface area contributed by atoms with E-state index in [2.05, 4.69) is 39.4 Å². The van der Waals surface area contributed by atoms with Gasteiger partial charge in [-0.3, -0.25) is 9.63 Å². The fourth-order valence-corrected chi connectivity index (χ4v) is 4.43. The summed E-state index contributed by atoms with van der Waals surface area (Å²) in [5, 5.41) is 9.91. The standard InChI is InChI=1S/C26H32N4O4/c1-21(31)30(33-19-23-11-7-4-8-12-23)26(25-28-27-24(34-25)20-32-2)14-17-29(18-15-26)16-13-22-9-5-3-6-10-22/h3-12H,13-20H2,1-2H3. The Balaban J connectivity index is 1.52. The van der Waals surface area contributed by atoms with Gasteiger partial charge in [-0.05, 0) is 30.4 Å². The average molecular weight is 465 g/mol. The van der Waals surface area contributed by atoms with E-state index in [1.807, 2.05) is 36.4 Å². The molecule has 2 aromatic carbocycles. The molecule has 0 unspecified atom stereocenters. The normalized spacial score (nSPS) is 15.8.